The van der Waals surface area contributed by atoms with Crippen molar-refractivity contribution in [3.05, 3.63) is 52.8 Å². The maximum atomic E-state index is 13.0. The molecule has 24 heavy (non-hydrogen) atoms. The van der Waals surface area contributed by atoms with Crippen LogP contribution < -0.4 is 11.3 Å². The molecule has 1 unspecified atom stereocenters. The van der Waals surface area contributed by atoms with Crippen LogP contribution in [0.3, 0.4) is 0 Å². The molecule has 0 radical (unpaired) electrons. The molecule has 2 aromatic rings. The van der Waals surface area contributed by atoms with Crippen LogP contribution in [0.5, 0.6) is 0 Å². The zero-order valence-electron chi connectivity index (χ0n) is 14.3. The molecule has 1 aromatic heterocycles. The topological polar surface area (TPSA) is 70.0 Å². The van der Waals surface area contributed by atoms with E-state index in [0.29, 0.717) is 11.3 Å². The first-order chi connectivity index (χ1) is 11.4. The first kappa shape index (κ1) is 18.1. The van der Waals surface area contributed by atoms with Gasteiger partial charge in [-0.3, -0.25) is 9.59 Å². The standard InChI is InChI=1S/C18H23N3O2S/c1-5-11-24-18(23)21-16(19)15(14-10-8-7-9-12(14)3)17(22)20(21)13(4)6-2/h5,7-10,13H,1,6,11,19H2,2-4H3. The summed E-state index contributed by atoms with van der Waals surface area (Å²) in [7, 11) is 0. The smallest absolute Gasteiger partial charge is 0.306 e. The monoisotopic (exact) mass is 345 g/mol. The molecule has 0 fully saturated rings. The van der Waals surface area contributed by atoms with E-state index in [-0.39, 0.29) is 22.7 Å². The highest BCUT2D eigenvalue weighted by atomic mass is 32.2. The SMILES string of the molecule is C=CCSC(=O)n1c(N)c(-c2ccccc2C)c(=O)n1C(C)CC. The van der Waals surface area contributed by atoms with E-state index in [9.17, 15) is 9.59 Å². The lowest BCUT2D eigenvalue weighted by Gasteiger charge is -2.15. The van der Waals surface area contributed by atoms with Crippen molar-refractivity contribution in [1.82, 2.24) is 9.36 Å². The normalized spacial score (nSPS) is 12.1. The number of aryl methyl sites for hydroxylation is 1. The molecular weight excluding hydrogens is 322 g/mol. The van der Waals surface area contributed by atoms with Crippen molar-refractivity contribution in [1.29, 1.82) is 0 Å². The molecule has 0 aliphatic carbocycles. The molecule has 5 nitrogen and oxygen atoms in total. The lowest BCUT2D eigenvalue weighted by molar-refractivity contribution is 0.253. The summed E-state index contributed by atoms with van der Waals surface area (Å²) in [4.78, 5) is 25.6. The van der Waals surface area contributed by atoms with Crippen LogP contribution in [-0.4, -0.2) is 20.4 Å². The summed E-state index contributed by atoms with van der Waals surface area (Å²) in [5.41, 5.74) is 8.12. The predicted molar refractivity (Wildman–Crippen MR) is 102 cm³/mol. The van der Waals surface area contributed by atoms with Gasteiger partial charge in [0, 0.05) is 5.75 Å². The molecule has 0 saturated carbocycles. The number of nitrogens with two attached hydrogens (primary N) is 1. The number of nitrogens with zero attached hydrogens (tertiary/aromatic N) is 2. The Morgan fingerprint density at radius 2 is 2.08 bits per heavy atom. The van der Waals surface area contributed by atoms with E-state index in [4.69, 9.17) is 5.73 Å². The summed E-state index contributed by atoms with van der Waals surface area (Å²) in [6, 6.07) is 7.42. The van der Waals surface area contributed by atoms with Crippen LogP contribution in [0, 0.1) is 6.92 Å². The summed E-state index contributed by atoms with van der Waals surface area (Å²) in [5, 5.41) is -0.273. The van der Waals surface area contributed by atoms with Crippen LogP contribution in [0.1, 0.15) is 31.9 Å². The fourth-order valence-corrected chi connectivity index (χ4v) is 3.16. The van der Waals surface area contributed by atoms with E-state index < -0.39 is 0 Å². The van der Waals surface area contributed by atoms with Gasteiger partial charge < -0.3 is 5.73 Å². The molecule has 1 atom stereocenters. The summed E-state index contributed by atoms with van der Waals surface area (Å²) in [5.74, 6) is 0.654. The van der Waals surface area contributed by atoms with E-state index in [1.807, 2.05) is 45.0 Å². The van der Waals surface area contributed by atoms with Crippen molar-refractivity contribution in [3.63, 3.8) is 0 Å². The van der Waals surface area contributed by atoms with Gasteiger partial charge in [0.25, 0.3) is 5.56 Å². The van der Waals surface area contributed by atoms with Gasteiger partial charge in [-0.2, -0.15) is 4.68 Å². The molecule has 0 amide bonds. The Bertz CT molecular complexity index is 820. The van der Waals surface area contributed by atoms with E-state index in [2.05, 4.69) is 6.58 Å². The number of carbonyl (C=O) groups is 1. The fourth-order valence-electron chi connectivity index (χ4n) is 2.59. The Morgan fingerprint density at radius 1 is 1.42 bits per heavy atom. The summed E-state index contributed by atoms with van der Waals surface area (Å²) in [6.45, 7) is 9.43. The Labute approximate surface area is 146 Å². The van der Waals surface area contributed by atoms with Gasteiger partial charge >= 0.3 is 5.24 Å². The number of rotatable bonds is 5. The van der Waals surface area contributed by atoms with Crippen molar-refractivity contribution in [2.24, 2.45) is 0 Å². The van der Waals surface area contributed by atoms with E-state index >= 15 is 0 Å². The molecule has 128 valence electrons. The Morgan fingerprint density at radius 3 is 2.67 bits per heavy atom. The van der Waals surface area contributed by atoms with E-state index in [0.717, 1.165) is 29.3 Å². The summed E-state index contributed by atoms with van der Waals surface area (Å²) in [6.07, 6.45) is 2.37. The van der Waals surface area contributed by atoms with Crippen LogP contribution in [0.25, 0.3) is 11.1 Å². The van der Waals surface area contributed by atoms with Gasteiger partial charge in [-0.1, -0.05) is 49.0 Å². The van der Waals surface area contributed by atoms with Crippen molar-refractivity contribution < 1.29 is 4.79 Å². The molecule has 0 saturated heterocycles. The first-order valence-corrected chi connectivity index (χ1v) is 8.89. The van der Waals surface area contributed by atoms with Gasteiger partial charge in [-0.15, -0.1) is 6.58 Å². The molecule has 0 aliphatic rings. The summed E-state index contributed by atoms with van der Waals surface area (Å²) < 4.78 is 2.78. The maximum absolute atomic E-state index is 13.0. The number of hydrogen-bond donors (Lipinski definition) is 1. The maximum Gasteiger partial charge on any atom is 0.306 e. The molecule has 6 heteroatoms. The highest BCUT2D eigenvalue weighted by Crippen LogP contribution is 2.29. The van der Waals surface area contributed by atoms with Crippen LogP contribution in [0.15, 0.2) is 41.7 Å². The van der Waals surface area contributed by atoms with Crippen molar-refractivity contribution in [2.45, 2.75) is 33.2 Å². The average molecular weight is 345 g/mol. The highest BCUT2D eigenvalue weighted by molar-refractivity contribution is 8.13. The number of hydrogen-bond acceptors (Lipinski definition) is 4. The van der Waals surface area contributed by atoms with Gasteiger partial charge in [0.2, 0.25) is 0 Å². The fraction of sp³-hybridized carbons (Fsp3) is 0.333. The van der Waals surface area contributed by atoms with Crippen LogP contribution in [-0.2, 0) is 0 Å². The molecule has 0 aliphatic heterocycles. The Hall–Kier alpha value is -2.21. The van der Waals surface area contributed by atoms with E-state index in [1.165, 1.54) is 9.36 Å². The second-order valence-corrected chi connectivity index (χ2v) is 6.63. The molecule has 1 aromatic carbocycles. The number of carbonyl (C=O) groups excluding carboxylic acids is 1. The largest absolute Gasteiger partial charge is 0.383 e. The predicted octanol–water partition coefficient (Wildman–Crippen LogP) is 4.07. The molecule has 0 spiro atoms. The minimum Gasteiger partial charge on any atom is -0.383 e. The zero-order chi connectivity index (χ0) is 17.9. The second kappa shape index (κ2) is 7.57. The minimum absolute atomic E-state index is 0.133. The minimum atomic E-state index is -0.273. The molecule has 1 heterocycles. The van der Waals surface area contributed by atoms with Gasteiger partial charge in [0.15, 0.2) is 0 Å². The average Bonchev–Trinajstić information content (AvgIpc) is 2.83. The van der Waals surface area contributed by atoms with Crippen LogP contribution >= 0.6 is 11.8 Å². The highest BCUT2D eigenvalue weighted by Gasteiger charge is 2.26. The molecule has 2 N–H and O–H groups in total. The van der Waals surface area contributed by atoms with Crippen LogP contribution in [0.2, 0.25) is 0 Å². The van der Waals surface area contributed by atoms with Gasteiger partial charge in [-0.25, -0.2) is 4.68 Å². The molecular formula is C18H23N3O2S. The first-order valence-electron chi connectivity index (χ1n) is 7.91. The Kier molecular flexibility index (Phi) is 5.72. The Balaban J connectivity index is 2.73. The third kappa shape index (κ3) is 3.19. The number of nitrogen functional groups attached to an aromatic ring is 1. The third-order valence-corrected chi connectivity index (χ3v) is 4.86. The number of anilines is 1. The lowest BCUT2D eigenvalue weighted by atomic mass is 10.0. The summed E-state index contributed by atoms with van der Waals surface area (Å²) >= 11 is 1.07. The van der Waals surface area contributed by atoms with Crippen molar-refractivity contribution >= 4 is 22.8 Å². The third-order valence-electron chi connectivity index (χ3n) is 4.04. The number of benzene rings is 1. The number of thioether (sulfide) groups is 1. The zero-order valence-corrected chi connectivity index (χ0v) is 15.1. The van der Waals surface area contributed by atoms with Gasteiger partial charge in [-0.05, 0) is 31.4 Å². The van der Waals surface area contributed by atoms with Gasteiger partial charge in [0.05, 0.1) is 11.6 Å². The van der Waals surface area contributed by atoms with E-state index in [1.54, 1.807) is 6.08 Å². The van der Waals surface area contributed by atoms with Crippen molar-refractivity contribution in [3.8, 4) is 11.1 Å². The lowest BCUT2D eigenvalue weighted by Crippen LogP contribution is -2.29. The molecule has 0 bridgehead atoms. The number of aromatic nitrogens is 2. The van der Waals surface area contributed by atoms with Crippen molar-refractivity contribution in [2.75, 3.05) is 11.5 Å². The van der Waals surface area contributed by atoms with Gasteiger partial charge in [0.1, 0.15) is 5.82 Å². The van der Waals surface area contributed by atoms with Crippen LogP contribution in [0.4, 0.5) is 10.6 Å². The quantitative estimate of drug-likeness (QED) is 0.830. The second-order valence-electron chi connectivity index (χ2n) is 5.66. The molecule has 2 rings (SSSR count).